The van der Waals surface area contributed by atoms with Crippen LogP contribution in [0.4, 0.5) is 10.1 Å². The summed E-state index contributed by atoms with van der Waals surface area (Å²) in [4.78, 5) is 31.2. The van der Waals surface area contributed by atoms with Gasteiger partial charge in [-0.1, -0.05) is 17.7 Å². The van der Waals surface area contributed by atoms with Crippen LogP contribution in [0.5, 0.6) is 0 Å². The number of carbonyl (C=O) groups is 2. The quantitative estimate of drug-likeness (QED) is 0.716. The van der Waals surface area contributed by atoms with Gasteiger partial charge in [0.1, 0.15) is 5.82 Å². The molecule has 1 fully saturated rings. The number of likely N-dealkylation sites (tertiary alicyclic amines) is 1. The van der Waals surface area contributed by atoms with Gasteiger partial charge >= 0.3 is 0 Å². The normalized spacial score (nSPS) is 16.3. The van der Waals surface area contributed by atoms with Gasteiger partial charge in [-0.2, -0.15) is 0 Å². The Labute approximate surface area is 174 Å². The molecule has 4 rings (SSSR count). The van der Waals surface area contributed by atoms with Crippen LogP contribution in [0.25, 0.3) is 5.69 Å². The number of rotatable bonds is 4. The van der Waals surface area contributed by atoms with E-state index in [9.17, 15) is 14.0 Å². The Bertz CT molecular complexity index is 1050. The third-order valence-electron chi connectivity index (χ3n) is 5.38. The average molecular weight is 406 g/mol. The molecule has 2 aromatic carbocycles. The Balaban J connectivity index is 1.41. The molecule has 2 heterocycles. The number of benzene rings is 2. The molecule has 1 aliphatic rings. The third-order valence-corrected chi connectivity index (χ3v) is 5.38. The first-order chi connectivity index (χ1) is 14.5. The number of nitrogens with one attached hydrogen (secondary N) is 1. The van der Waals surface area contributed by atoms with Crippen LogP contribution in [-0.4, -0.2) is 39.4 Å². The summed E-state index contributed by atoms with van der Waals surface area (Å²) in [7, 11) is 0. The maximum absolute atomic E-state index is 14.4. The second-order valence-electron chi connectivity index (χ2n) is 7.58. The first kappa shape index (κ1) is 19.8. The Morgan fingerprint density at radius 3 is 2.67 bits per heavy atom. The van der Waals surface area contributed by atoms with Gasteiger partial charge in [-0.15, -0.1) is 0 Å². The summed E-state index contributed by atoms with van der Waals surface area (Å²) in [6.07, 6.45) is 6.18. The molecule has 2 amide bonds. The number of imidazole rings is 1. The van der Waals surface area contributed by atoms with Crippen LogP contribution in [0.2, 0.25) is 0 Å². The number of carbonyl (C=O) groups excluding carboxylic acids is 2. The minimum Gasteiger partial charge on any atom is -0.338 e. The van der Waals surface area contributed by atoms with E-state index in [-0.39, 0.29) is 17.7 Å². The Morgan fingerprint density at radius 1 is 1.17 bits per heavy atom. The first-order valence-corrected chi connectivity index (χ1v) is 9.96. The van der Waals surface area contributed by atoms with Crippen LogP contribution >= 0.6 is 0 Å². The second-order valence-corrected chi connectivity index (χ2v) is 7.58. The van der Waals surface area contributed by atoms with Gasteiger partial charge in [0, 0.05) is 36.7 Å². The van der Waals surface area contributed by atoms with Crippen LogP contribution in [0.3, 0.4) is 0 Å². The molecule has 154 valence electrons. The van der Waals surface area contributed by atoms with E-state index in [1.165, 1.54) is 12.4 Å². The number of amides is 2. The van der Waals surface area contributed by atoms with E-state index in [0.29, 0.717) is 36.4 Å². The maximum atomic E-state index is 14.4. The molecule has 0 aliphatic carbocycles. The number of halogens is 1. The number of aryl methyl sites for hydroxylation is 1. The fourth-order valence-electron chi connectivity index (χ4n) is 3.69. The number of anilines is 1. The average Bonchev–Trinajstić information content (AvgIpc) is 3.28. The minimum absolute atomic E-state index is 0.0665. The Morgan fingerprint density at radius 2 is 1.97 bits per heavy atom. The number of hydrogen-bond donors (Lipinski definition) is 1. The van der Waals surface area contributed by atoms with Crippen molar-refractivity contribution in [2.75, 3.05) is 18.4 Å². The van der Waals surface area contributed by atoms with E-state index in [0.717, 1.165) is 12.0 Å². The Hall–Kier alpha value is -3.48. The lowest BCUT2D eigenvalue weighted by Gasteiger charge is -2.32. The largest absolute Gasteiger partial charge is 0.338 e. The van der Waals surface area contributed by atoms with Crippen LogP contribution in [0.1, 0.15) is 28.8 Å². The first-order valence-electron chi connectivity index (χ1n) is 9.96. The standard InChI is InChI=1S/C23H23FN4O2/c1-16-4-6-17(7-5-16)23(30)27-11-2-3-18(14-27)22(29)26-19-8-9-21(20(24)13-19)28-12-10-25-15-28/h4-10,12-13,15,18H,2-3,11,14H2,1H3,(H,26,29). The molecule has 1 aliphatic heterocycles. The van der Waals surface area contributed by atoms with E-state index in [1.807, 2.05) is 31.2 Å². The highest BCUT2D eigenvalue weighted by Crippen LogP contribution is 2.23. The number of nitrogens with zero attached hydrogens (tertiary/aromatic N) is 3. The highest BCUT2D eigenvalue weighted by molar-refractivity contribution is 5.96. The van der Waals surface area contributed by atoms with Crippen molar-refractivity contribution >= 4 is 17.5 Å². The van der Waals surface area contributed by atoms with Crippen molar-refractivity contribution in [2.45, 2.75) is 19.8 Å². The van der Waals surface area contributed by atoms with Crippen molar-refractivity contribution in [3.8, 4) is 5.69 Å². The number of aromatic nitrogens is 2. The fraction of sp³-hybridized carbons (Fsp3) is 0.261. The zero-order valence-electron chi connectivity index (χ0n) is 16.7. The maximum Gasteiger partial charge on any atom is 0.253 e. The predicted molar refractivity (Wildman–Crippen MR) is 112 cm³/mol. The predicted octanol–water partition coefficient (Wildman–Crippen LogP) is 3.81. The van der Waals surface area contributed by atoms with Gasteiger partial charge in [0.15, 0.2) is 0 Å². The highest BCUT2D eigenvalue weighted by Gasteiger charge is 2.29. The zero-order valence-corrected chi connectivity index (χ0v) is 16.7. The van der Waals surface area contributed by atoms with Crippen LogP contribution in [-0.2, 0) is 4.79 Å². The van der Waals surface area contributed by atoms with Crippen molar-refractivity contribution < 1.29 is 14.0 Å². The van der Waals surface area contributed by atoms with Gasteiger partial charge in [-0.25, -0.2) is 9.37 Å². The molecule has 1 atom stereocenters. The molecular weight excluding hydrogens is 383 g/mol. The van der Waals surface area contributed by atoms with Gasteiger partial charge in [-0.3, -0.25) is 9.59 Å². The lowest BCUT2D eigenvalue weighted by molar-refractivity contribution is -0.121. The zero-order chi connectivity index (χ0) is 21.1. The smallest absolute Gasteiger partial charge is 0.253 e. The summed E-state index contributed by atoms with van der Waals surface area (Å²) in [5.41, 5.74) is 2.47. The van der Waals surface area contributed by atoms with Crippen LogP contribution in [0, 0.1) is 18.7 Å². The van der Waals surface area contributed by atoms with Crippen molar-refractivity contribution in [1.82, 2.24) is 14.5 Å². The molecule has 3 aromatic rings. The molecular formula is C23H23FN4O2. The van der Waals surface area contributed by atoms with Crippen LogP contribution < -0.4 is 5.32 Å². The van der Waals surface area contributed by atoms with Gasteiger partial charge < -0.3 is 14.8 Å². The molecule has 1 aromatic heterocycles. The van der Waals surface area contributed by atoms with Crippen molar-refractivity contribution in [2.24, 2.45) is 5.92 Å². The lowest BCUT2D eigenvalue weighted by atomic mass is 9.96. The van der Waals surface area contributed by atoms with Gasteiger partial charge in [0.05, 0.1) is 17.9 Å². The third kappa shape index (κ3) is 4.25. The lowest BCUT2D eigenvalue weighted by Crippen LogP contribution is -2.43. The van der Waals surface area contributed by atoms with Crippen molar-refractivity contribution in [1.29, 1.82) is 0 Å². The Kier molecular flexibility index (Phi) is 5.61. The monoisotopic (exact) mass is 406 g/mol. The molecule has 0 radical (unpaired) electrons. The number of hydrogen-bond acceptors (Lipinski definition) is 3. The molecule has 0 saturated carbocycles. The topological polar surface area (TPSA) is 67.2 Å². The van der Waals surface area contributed by atoms with E-state index < -0.39 is 5.82 Å². The van der Waals surface area contributed by atoms with Gasteiger partial charge in [0.25, 0.3) is 5.91 Å². The SMILES string of the molecule is Cc1ccc(C(=O)N2CCCC(C(=O)Nc3ccc(-n4ccnc4)c(F)c3)C2)cc1. The summed E-state index contributed by atoms with van der Waals surface area (Å²) < 4.78 is 16.0. The molecule has 1 N–H and O–H groups in total. The summed E-state index contributed by atoms with van der Waals surface area (Å²) in [5, 5.41) is 2.79. The van der Waals surface area contributed by atoms with Crippen molar-refractivity contribution in [3.05, 3.63) is 78.1 Å². The summed E-state index contributed by atoms with van der Waals surface area (Å²) in [6, 6.07) is 12.0. The van der Waals surface area contributed by atoms with Gasteiger partial charge in [0.2, 0.25) is 5.91 Å². The summed E-state index contributed by atoms with van der Waals surface area (Å²) in [6.45, 7) is 2.96. The molecule has 30 heavy (non-hydrogen) atoms. The second kappa shape index (κ2) is 8.49. The highest BCUT2D eigenvalue weighted by atomic mass is 19.1. The van der Waals surface area contributed by atoms with E-state index >= 15 is 0 Å². The molecule has 0 bridgehead atoms. The summed E-state index contributed by atoms with van der Waals surface area (Å²) in [5.74, 6) is -1.05. The number of piperidine rings is 1. The molecule has 6 nitrogen and oxygen atoms in total. The summed E-state index contributed by atoms with van der Waals surface area (Å²) >= 11 is 0. The molecule has 1 saturated heterocycles. The van der Waals surface area contributed by atoms with Gasteiger partial charge in [-0.05, 0) is 50.1 Å². The molecule has 1 unspecified atom stereocenters. The van der Waals surface area contributed by atoms with E-state index in [1.54, 1.807) is 34.0 Å². The minimum atomic E-state index is -0.453. The van der Waals surface area contributed by atoms with Crippen molar-refractivity contribution in [3.63, 3.8) is 0 Å². The molecule has 0 spiro atoms. The molecule has 7 heteroatoms. The van der Waals surface area contributed by atoms with Crippen LogP contribution in [0.15, 0.2) is 61.2 Å². The van der Waals surface area contributed by atoms with E-state index in [4.69, 9.17) is 0 Å². The van der Waals surface area contributed by atoms with E-state index in [2.05, 4.69) is 10.3 Å². The fourth-order valence-corrected chi connectivity index (χ4v) is 3.69.